The fraction of sp³-hybridized carbons (Fsp3) is 0.367. The molecule has 0 bridgehead atoms. The van der Waals surface area contributed by atoms with Crippen molar-refractivity contribution in [3.8, 4) is 5.75 Å². The number of anilines is 2. The van der Waals surface area contributed by atoms with Crippen LogP contribution in [-0.4, -0.2) is 92.8 Å². The number of nitrogens with zero attached hydrogens (tertiary/aromatic N) is 6. The molecule has 10 nitrogen and oxygen atoms in total. The first-order chi connectivity index (χ1) is 21.0. The van der Waals surface area contributed by atoms with Crippen LogP contribution in [-0.2, 0) is 6.18 Å². The maximum Gasteiger partial charge on any atom is 0.416 e. The number of rotatable bonds is 10. The van der Waals surface area contributed by atoms with Crippen molar-refractivity contribution >= 4 is 54.3 Å². The third kappa shape index (κ3) is 9.16. The predicted molar refractivity (Wildman–Crippen MR) is 173 cm³/mol. The van der Waals surface area contributed by atoms with Crippen LogP contribution in [0.15, 0.2) is 67.9 Å². The topological polar surface area (TPSA) is 106 Å². The Morgan fingerprint density at radius 1 is 1.18 bits per heavy atom. The Bertz CT molecular complexity index is 1480. The van der Waals surface area contributed by atoms with E-state index in [1.807, 2.05) is 37.7 Å². The summed E-state index contributed by atoms with van der Waals surface area (Å²) >= 11 is 1.89. The molecule has 2 aromatic rings. The van der Waals surface area contributed by atoms with Crippen molar-refractivity contribution in [2.24, 2.45) is 20.0 Å². The third-order valence-electron chi connectivity index (χ3n) is 6.61. The molecule has 2 heterocycles. The van der Waals surface area contributed by atoms with Gasteiger partial charge in [0.1, 0.15) is 18.7 Å². The van der Waals surface area contributed by atoms with Crippen molar-refractivity contribution in [3.05, 3.63) is 64.6 Å². The van der Waals surface area contributed by atoms with Crippen molar-refractivity contribution in [2.45, 2.75) is 19.5 Å². The zero-order chi connectivity index (χ0) is 31.7. The number of carbonyl (C=O) groups is 1. The van der Waals surface area contributed by atoms with Gasteiger partial charge in [-0.25, -0.2) is 15.0 Å². The van der Waals surface area contributed by atoms with Gasteiger partial charge >= 0.3 is 6.18 Å². The summed E-state index contributed by atoms with van der Waals surface area (Å²) in [6.45, 7) is 7.71. The molecule has 2 aliphatic rings. The van der Waals surface area contributed by atoms with Crippen molar-refractivity contribution in [2.75, 3.05) is 62.5 Å². The number of nitrogens with one attached hydrogen (secondary N) is 2. The first-order valence-corrected chi connectivity index (χ1v) is 15.0. The SMILES string of the molecule is C=N/C=N\C(Nc1cc(C(=O)Nc2cc(OCCN(C)C)cc(C(F)(F)F)c2)ccc1C)=C1/CC=NC(N2CCSCC2)=N1. The molecule has 1 fully saturated rings. The summed E-state index contributed by atoms with van der Waals surface area (Å²) in [6.07, 6.45) is -1.12. The monoisotopic (exact) mass is 628 g/mol. The number of halogens is 3. The Kier molecular flexibility index (Phi) is 11.2. The highest BCUT2D eigenvalue weighted by Gasteiger charge is 2.32. The normalized spacial score (nSPS) is 16.6. The third-order valence-corrected chi connectivity index (χ3v) is 7.56. The molecule has 1 amide bonds. The molecule has 0 radical (unpaired) electrons. The molecular formula is C30H35F3N8O2S. The number of allylic oxidation sites excluding steroid dienone is 1. The summed E-state index contributed by atoms with van der Waals surface area (Å²) in [4.78, 5) is 34.6. The lowest BCUT2D eigenvalue weighted by molar-refractivity contribution is -0.137. The van der Waals surface area contributed by atoms with Crippen LogP contribution in [0.3, 0.4) is 0 Å². The van der Waals surface area contributed by atoms with Gasteiger partial charge in [0.05, 0.1) is 11.3 Å². The van der Waals surface area contributed by atoms with E-state index in [0.717, 1.165) is 42.3 Å². The lowest BCUT2D eigenvalue weighted by Crippen LogP contribution is -2.37. The van der Waals surface area contributed by atoms with Gasteiger partial charge in [-0.3, -0.25) is 9.79 Å². The number of hydrogen-bond acceptors (Lipinski definition) is 9. The van der Waals surface area contributed by atoms with E-state index in [2.05, 4.69) is 37.2 Å². The van der Waals surface area contributed by atoms with Crippen LogP contribution in [0, 0.1) is 6.92 Å². The highest BCUT2D eigenvalue weighted by atomic mass is 32.2. The number of aryl methyl sites for hydroxylation is 1. The van der Waals surface area contributed by atoms with E-state index in [-0.39, 0.29) is 23.6 Å². The quantitative estimate of drug-likeness (QED) is 0.270. The lowest BCUT2D eigenvalue weighted by atomic mass is 10.1. The van der Waals surface area contributed by atoms with Crippen molar-refractivity contribution < 1.29 is 22.7 Å². The van der Waals surface area contributed by atoms with Gasteiger partial charge in [0.2, 0.25) is 5.96 Å². The first-order valence-electron chi connectivity index (χ1n) is 13.9. The molecule has 0 saturated carbocycles. The van der Waals surface area contributed by atoms with E-state index in [9.17, 15) is 18.0 Å². The highest BCUT2D eigenvalue weighted by Crippen LogP contribution is 2.34. The Hall–Kier alpha value is -4.17. The maximum atomic E-state index is 13.6. The minimum absolute atomic E-state index is 0.00689. The van der Waals surface area contributed by atoms with Crippen molar-refractivity contribution in [3.63, 3.8) is 0 Å². The Morgan fingerprint density at radius 3 is 2.66 bits per heavy atom. The van der Waals surface area contributed by atoms with Gasteiger partial charge in [-0.15, -0.1) is 0 Å². The Balaban J connectivity index is 1.59. The second-order valence-electron chi connectivity index (χ2n) is 10.3. The standard InChI is InChI=1S/C30H35F3N8O2S/c1-20-5-6-21(28(42)37-23-16-22(30(31,32)33)17-24(18-23)43-12-9-40(3)4)15-26(20)38-27(36-19-34-2)25-7-8-35-29(39-25)41-10-13-44-14-11-41/h5-6,8,15-19,38H,2,7,9-14H2,1,3-4H3,(H,37,42)/b27-25-,36-19-. The van der Waals surface area contributed by atoms with Crippen LogP contribution < -0.4 is 15.4 Å². The average Bonchev–Trinajstić information content (AvgIpc) is 3.00. The number of likely N-dealkylation sites (N-methyl/N-ethyl adjacent to an activating group) is 1. The highest BCUT2D eigenvalue weighted by molar-refractivity contribution is 7.99. The molecule has 2 aromatic carbocycles. The number of hydrogen-bond donors (Lipinski definition) is 2. The van der Waals surface area contributed by atoms with E-state index in [1.165, 1.54) is 12.4 Å². The summed E-state index contributed by atoms with van der Waals surface area (Å²) < 4.78 is 46.4. The van der Waals surface area contributed by atoms with Crippen LogP contribution in [0.2, 0.25) is 0 Å². The molecule has 0 aromatic heterocycles. The zero-order valence-corrected chi connectivity index (χ0v) is 25.6. The molecule has 14 heteroatoms. The van der Waals surface area contributed by atoms with E-state index < -0.39 is 17.6 Å². The van der Waals surface area contributed by atoms with Crippen LogP contribution in [0.4, 0.5) is 24.5 Å². The van der Waals surface area contributed by atoms with E-state index >= 15 is 0 Å². The maximum absolute atomic E-state index is 13.6. The van der Waals surface area contributed by atoms with E-state index in [4.69, 9.17) is 9.73 Å². The van der Waals surface area contributed by atoms with Crippen molar-refractivity contribution in [1.29, 1.82) is 0 Å². The first kappa shape index (κ1) is 32.7. The largest absolute Gasteiger partial charge is 0.492 e. The molecule has 0 atom stereocenters. The molecule has 0 spiro atoms. The number of alkyl halides is 3. The molecule has 234 valence electrons. The van der Waals surface area contributed by atoms with Gasteiger partial charge in [-0.1, -0.05) is 6.07 Å². The molecule has 2 N–H and O–H groups in total. The van der Waals surface area contributed by atoms with E-state index in [1.54, 1.807) is 24.4 Å². The molecule has 44 heavy (non-hydrogen) atoms. The predicted octanol–water partition coefficient (Wildman–Crippen LogP) is 5.40. The Labute approximate surface area is 258 Å². The van der Waals surface area contributed by atoms with Crippen LogP contribution in [0.5, 0.6) is 5.75 Å². The van der Waals surface area contributed by atoms with Gasteiger partial charge in [-0.2, -0.15) is 24.9 Å². The van der Waals surface area contributed by atoms with Gasteiger partial charge in [0, 0.05) is 66.8 Å². The van der Waals surface area contributed by atoms with Crippen LogP contribution >= 0.6 is 11.8 Å². The second-order valence-corrected chi connectivity index (χ2v) is 11.5. The number of ether oxygens (including phenoxy) is 1. The second kappa shape index (κ2) is 15.0. The molecule has 0 aliphatic carbocycles. The van der Waals surface area contributed by atoms with Gasteiger partial charge < -0.3 is 25.2 Å². The Morgan fingerprint density at radius 2 is 1.95 bits per heavy atom. The summed E-state index contributed by atoms with van der Waals surface area (Å²) in [7, 11) is 3.66. The number of benzene rings is 2. The minimum atomic E-state index is -4.62. The summed E-state index contributed by atoms with van der Waals surface area (Å²) in [6, 6.07) is 8.10. The van der Waals surface area contributed by atoms with Gasteiger partial charge in [-0.05, 0) is 57.6 Å². The average molecular weight is 629 g/mol. The van der Waals surface area contributed by atoms with Crippen LogP contribution in [0.1, 0.15) is 27.9 Å². The molecule has 4 rings (SSSR count). The number of carbonyl (C=O) groups excluding carboxylic acids is 1. The fourth-order valence-electron chi connectivity index (χ4n) is 4.24. The number of thioether (sulfide) groups is 1. The molecule has 0 unspecified atom stereocenters. The lowest BCUT2D eigenvalue weighted by Gasteiger charge is -2.28. The number of amides is 1. The molecular weight excluding hydrogens is 593 g/mol. The minimum Gasteiger partial charge on any atom is -0.492 e. The zero-order valence-electron chi connectivity index (χ0n) is 24.8. The van der Waals surface area contributed by atoms with Crippen molar-refractivity contribution in [1.82, 2.24) is 9.80 Å². The smallest absolute Gasteiger partial charge is 0.416 e. The van der Waals surface area contributed by atoms with Gasteiger partial charge in [0.15, 0.2) is 5.82 Å². The van der Waals surface area contributed by atoms with E-state index in [0.29, 0.717) is 36.1 Å². The summed E-state index contributed by atoms with van der Waals surface area (Å²) in [5.74, 6) is 2.43. The number of guanidine groups is 1. The number of aliphatic imine (C=N–C) groups is 4. The summed E-state index contributed by atoms with van der Waals surface area (Å²) in [5.41, 5.74) is 1.26. The molecule has 1 saturated heterocycles. The molecule has 2 aliphatic heterocycles. The van der Waals surface area contributed by atoms with Gasteiger partial charge in [0.25, 0.3) is 5.91 Å². The van der Waals surface area contributed by atoms with Crippen LogP contribution in [0.25, 0.3) is 0 Å². The fourth-order valence-corrected chi connectivity index (χ4v) is 5.15. The summed E-state index contributed by atoms with van der Waals surface area (Å²) in [5, 5.41) is 5.84.